The first-order chi connectivity index (χ1) is 5.95. The third kappa shape index (κ3) is 9.27. The molecule has 0 aliphatic rings. The summed E-state index contributed by atoms with van der Waals surface area (Å²) in [7, 11) is -4.24. The van der Waals surface area contributed by atoms with E-state index >= 15 is 0 Å². The van der Waals surface area contributed by atoms with E-state index in [0.29, 0.717) is 5.82 Å². The molecule has 0 aliphatic carbocycles. The van der Waals surface area contributed by atoms with Gasteiger partial charge in [-0.3, -0.25) is 4.57 Å². The molecule has 0 radical (unpaired) electrons. The van der Waals surface area contributed by atoms with Gasteiger partial charge in [0, 0.05) is 11.9 Å². The molecule has 2 N–H and O–H groups in total. The average Bonchev–Trinajstić information content (AvgIpc) is 2.00. The van der Waals surface area contributed by atoms with Gasteiger partial charge < -0.3 is 14.5 Å². The van der Waals surface area contributed by atoms with Crippen molar-refractivity contribution in [2.45, 2.75) is 19.8 Å². The van der Waals surface area contributed by atoms with Gasteiger partial charge in [-0.15, -0.1) is 0 Å². The highest BCUT2D eigenvalue weighted by molar-refractivity contribution is 7.55. The number of hydrogen-bond acceptors (Lipinski definition) is 3. The van der Waals surface area contributed by atoms with Crippen LogP contribution in [-0.2, 0) is 14.1 Å². The maximum absolute atomic E-state index is 10.7. The van der Waals surface area contributed by atoms with Crippen LogP contribution in [0.4, 0.5) is 0 Å². The predicted molar refractivity (Wildman–Crippen MR) is 47.1 cm³/mol. The van der Waals surface area contributed by atoms with Gasteiger partial charge >= 0.3 is 13.6 Å². The van der Waals surface area contributed by atoms with Gasteiger partial charge in [-0.2, -0.15) is 0 Å². The second-order valence-electron chi connectivity index (χ2n) is 2.43. The molecule has 13 heavy (non-hydrogen) atoms. The molecule has 0 amide bonds. The minimum Gasteiger partial charge on any atom is -0.463 e. The zero-order chi connectivity index (χ0) is 10.3. The van der Waals surface area contributed by atoms with Crippen LogP contribution in [0.3, 0.4) is 0 Å². The fourth-order valence-corrected chi connectivity index (χ4v) is 0.839. The molecule has 6 heteroatoms. The number of ether oxygens (including phenoxy) is 1. The minimum atomic E-state index is -4.24. The lowest BCUT2D eigenvalue weighted by molar-refractivity contribution is -0.137. The fraction of sp³-hybridized carbons (Fsp3) is 0.571. The Morgan fingerprint density at radius 1 is 1.54 bits per heavy atom. The quantitative estimate of drug-likeness (QED) is 0.305. The average molecular weight is 208 g/mol. The van der Waals surface area contributed by atoms with E-state index in [2.05, 4.69) is 4.74 Å². The second kappa shape index (κ2) is 5.91. The van der Waals surface area contributed by atoms with Crippen LogP contribution in [0.1, 0.15) is 19.8 Å². The first-order valence-corrected chi connectivity index (χ1v) is 5.55. The van der Waals surface area contributed by atoms with Crippen molar-refractivity contribution in [3.8, 4) is 0 Å². The SMILES string of the molecule is CCCCOC(=O)C=CP(=O)(O)O. The summed E-state index contributed by atoms with van der Waals surface area (Å²) in [6.45, 7) is 2.22. The van der Waals surface area contributed by atoms with E-state index in [1.165, 1.54) is 0 Å². The highest BCUT2D eigenvalue weighted by Crippen LogP contribution is 2.35. The number of esters is 1. The van der Waals surface area contributed by atoms with Gasteiger partial charge in [0.2, 0.25) is 0 Å². The van der Waals surface area contributed by atoms with Crippen molar-refractivity contribution in [1.82, 2.24) is 0 Å². The van der Waals surface area contributed by atoms with Gasteiger partial charge in [-0.1, -0.05) is 13.3 Å². The van der Waals surface area contributed by atoms with Gasteiger partial charge in [0.15, 0.2) is 0 Å². The van der Waals surface area contributed by atoms with Crippen molar-refractivity contribution in [1.29, 1.82) is 0 Å². The van der Waals surface area contributed by atoms with Crippen LogP contribution in [0.2, 0.25) is 0 Å². The summed E-state index contributed by atoms with van der Waals surface area (Å²) in [6, 6.07) is 0. The number of rotatable bonds is 5. The summed E-state index contributed by atoms with van der Waals surface area (Å²) in [4.78, 5) is 27.4. The van der Waals surface area contributed by atoms with Crippen LogP contribution < -0.4 is 0 Å². The fourth-order valence-electron chi connectivity index (χ4n) is 0.523. The Morgan fingerprint density at radius 2 is 2.15 bits per heavy atom. The summed E-state index contributed by atoms with van der Waals surface area (Å²) < 4.78 is 14.9. The van der Waals surface area contributed by atoms with Crippen molar-refractivity contribution in [2.75, 3.05) is 6.61 Å². The van der Waals surface area contributed by atoms with E-state index in [9.17, 15) is 9.36 Å². The topological polar surface area (TPSA) is 83.8 Å². The first kappa shape index (κ1) is 12.4. The summed E-state index contributed by atoms with van der Waals surface area (Å²) in [5.41, 5.74) is 0. The molecule has 0 aromatic carbocycles. The molecule has 0 heterocycles. The van der Waals surface area contributed by atoms with Crippen molar-refractivity contribution in [3.63, 3.8) is 0 Å². The highest BCUT2D eigenvalue weighted by Gasteiger charge is 2.07. The van der Waals surface area contributed by atoms with Gasteiger partial charge in [0.05, 0.1) is 6.61 Å². The third-order valence-corrected chi connectivity index (χ3v) is 1.68. The van der Waals surface area contributed by atoms with Crippen molar-refractivity contribution in [2.24, 2.45) is 0 Å². The van der Waals surface area contributed by atoms with Gasteiger partial charge in [0.1, 0.15) is 0 Å². The monoisotopic (exact) mass is 208 g/mol. The molecule has 0 rings (SSSR count). The van der Waals surface area contributed by atoms with Crippen LogP contribution in [0.15, 0.2) is 11.9 Å². The summed E-state index contributed by atoms with van der Waals surface area (Å²) in [6.07, 6.45) is 2.39. The number of unbranched alkanes of at least 4 members (excludes halogenated alkanes) is 1. The second-order valence-corrected chi connectivity index (χ2v) is 3.90. The first-order valence-electron chi connectivity index (χ1n) is 3.87. The number of hydrogen-bond donors (Lipinski definition) is 2. The Morgan fingerprint density at radius 3 is 2.62 bits per heavy atom. The minimum absolute atomic E-state index is 0.279. The molecular weight excluding hydrogens is 195 g/mol. The maximum Gasteiger partial charge on any atom is 0.349 e. The van der Waals surface area contributed by atoms with Gasteiger partial charge in [-0.25, -0.2) is 4.79 Å². The molecule has 0 bridgehead atoms. The van der Waals surface area contributed by atoms with E-state index in [4.69, 9.17) is 9.79 Å². The lowest BCUT2D eigenvalue weighted by atomic mass is 10.4. The van der Waals surface area contributed by atoms with E-state index < -0.39 is 13.6 Å². The van der Waals surface area contributed by atoms with Crippen molar-refractivity contribution < 1.29 is 23.9 Å². The molecule has 0 fully saturated rings. The van der Waals surface area contributed by atoms with Crippen LogP contribution in [0.5, 0.6) is 0 Å². The lowest BCUT2D eigenvalue weighted by Crippen LogP contribution is -2.01. The predicted octanol–water partition coefficient (Wildman–Crippen LogP) is 1.02. The lowest BCUT2D eigenvalue weighted by Gasteiger charge is -1.99. The van der Waals surface area contributed by atoms with Crippen molar-refractivity contribution in [3.05, 3.63) is 11.9 Å². The summed E-state index contributed by atoms with van der Waals surface area (Å²) >= 11 is 0. The van der Waals surface area contributed by atoms with Crippen molar-refractivity contribution >= 4 is 13.6 Å². The van der Waals surface area contributed by atoms with E-state index in [0.717, 1.165) is 18.9 Å². The molecular formula is C7H13O5P. The van der Waals surface area contributed by atoms with Crippen LogP contribution in [-0.4, -0.2) is 22.4 Å². The molecule has 0 spiro atoms. The zero-order valence-electron chi connectivity index (χ0n) is 7.34. The molecule has 0 aliphatic heterocycles. The molecule has 0 saturated carbocycles. The normalized spacial score (nSPS) is 11.9. The Kier molecular flexibility index (Phi) is 5.62. The van der Waals surface area contributed by atoms with Crippen LogP contribution in [0.25, 0.3) is 0 Å². The maximum atomic E-state index is 10.7. The highest BCUT2D eigenvalue weighted by atomic mass is 31.2. The summed E-state index contributed by atoms with van der Waals surface area (Å²) in [5, 5.41) is 0. The largest absolute Gasteiger partial charge is 0.463 e. The molecule has 0 saturated heterocycles. The van der Waals surface area contributed by atoms with Gasteiger partial charge in [-0.05, 0) is 6.42 Å². The van der Waals surface area contributed by atoms with Crippen LogP contribution >= 0.6 is 7.60 Å². The van der Waals surface area contributed by atoms with E-state index in [1.54, 1.807) is 0 Å². The smallest absolute Gasteiger partial charge is 0.349 e. The third-order valence-electron chi connectivity index (χ3n) is 1.15. The Bertz CT molecular complexity index is 229. The Balaban J connectivity index is 3.75. The number of carbonyl (C=O) groups is 1. The molecule has 0 atom stereocenters. The molecule has 76 valence electrons. The van der Waals surface area contributed by atoms with E-state index in [-0.39, 0.29) is 6.61 Å². The zero-order valence-corrected chi connectivity index (χ0v) is 8.24. The Labute approximate surface area is 76.6 Å². The summed E-state index contributed by atoms with van der Waals surface area (Å²) in [5.74, 6) is -0.196. The standard InChI is InChI=1S/C7H13O5P/c1-2-3-5-12-7(8)4-6-13(9,10)11/h4,6H,2-3,5H2,1H3,(H2,9,10,11). The van der Waals surface area contributed by atoms with Crippen LogP contribution in [0, 0.1) is 0 Å². The number of carbonyl (C=O) groups excluding carboxylic acids is 1. The Hall–Kier alpha value is -0.640. The molecule has 0 unspecified atom stereocenters. The molecule has 5 nitrogen and oxygen atoms in total. The molecule has 0 aromatic heterocycles. The molecule has 0 aromatic rings. The van der Waals surface area contributed by atoms with E-state index in [1.807, 2.05) is 6.92 Å². The van der Waals surface area contributed by atoms with Gasteiger partial charge in [0.25, 0.3) is 0 Å².